The molecular formula is C21H21F2N3O6. The molecule has 11 heteroatoms. The van der Waals surface area contributed by atoms with Crippen LogP contribution in [0.25, 0.3) is 0 Å². The fourth-order valence-electron chi connectivity index (χ4n) is 3.25. The van der Waals surface area contributed by atoms with Crippen molar-refractivity contribution in [2.24, 2.45) is 0 Å². The van der Waals surface area contributed by atoms with Crippen LogP contribution < -0.4 is 24.8 Å². The summed E-state index contributed by atoms with van der Waals surface area (Å²) in [6, 6.07) is 9.32. The van der Waals surface area contributed by atoms with Crippen molar-refractivity contribution in [1.29, 1.82) is 0 Å². The number of ether oxygens (including phenoxy) is 3. The normalized spacial score (nSPS) is 17.9. The maximum Gasteiger partial charge on any atom is 0.387 e. The van der Waals surface area contributed by atoms with E-state index in [1.54, 1.807) is 12.1 Å². The summed E-state index contributed by atoms with van der Waals surface area (Å²) in [7, 11) is 2.89. The number of methoxy groups -OCH3 is 2. The average Bonchev–Trinajstić information content (AvgIpc) is 2.97. The summed E-state index contributed by atoms with van der Waals surface area (Å²) < 4.78 is 39.3. The van der Waals surface area contributed by atoms with E-state index in [0.29, 0.717) is 22.7 Å². The molecule has 2 N–H and O–H groups in total. The Morgan fingerprint density at radius 3 is 2.34 bits per heavy atom. The first kappa shape index (κ1) is 22.8. The molecule has 9 nitrogen and oxygen atoms in total. The summed E-state index contributed by atoms with van der Waals surface area (Å²) in [5.74, 6) is -0.550. The number of anilines is 1. The number of hydrogen-bond acceptors (Lipinski definition) is 6. The molecule has 1 unspecified atom stereocenters. The minimum Gasteiger partial charge on any atom is -0.497 e. The van der Waals surface area contributed by atoms with Gasteiger partial charge in [0.25, 0.3) is 5.91 Å². The van der Waals surface area contributed by atoms with Gasteiger partial charge in [-0.05, 0) is 36.8 Å². The van der Waals surface area contributed by atoms with Gasteiger partial charge in [0.1, 0.15) is 29.3 Å². The predicted molar refractivity (Wildman–Crippen MR) is 109 cm³/mol. The lowest BCUT2D eigenvalue weighted by atomic mass is 9.92. The molecule has 0 bridgehead atoms. The first-order valence-corrected chi connectivity index (χ1v) is 9.39. The highest BCUT2D eigenvalue weighted by molar-refractivity contribution is 6.10. The lowest BCUT2D eigenvalue weighted by Crippen LogP contribution is -2.42. The smallest absolute Gasteiger partial charge is 0.387 e. The van der Waals surface area contributed by atoms with Crippen LogP contribution in [0.15, 0.2) is 42.5 Å². The van der Waals surface area contributed by atoms with Gasteiger partial charge in [0.15, 0.2) is 0 Å². The van der Waals surface area contributed by atoms with Gasteiger partial charge < -0.3 is 24.8 Å². The standard InChI is InChI=1S/C21H21F2N3O6/c1-21(12-4-6-13(7-5-12)32-19(22)23)18(28)26(20(29)25-21)11-17(27)24-15-10-14(30-2)8-9-16(15)31-3/h4-10,19H,11H2,1-3H3,(H,24,27)(H,25,29). The Hall–Kier alpha value is -3.89. The first-order valence-electron chi connectivity index (χ1n) is 9.39. The van der Waals surface area contributed by atoms with Gasteiger partial charge in [-0.25, -0.2) is 4.79 Å². The molecule has 2 aromatic carbocycles. The van der Waals surface area contributed by atoms with Crippen LogP contribution in [0.5, 0.6) is 17.2 Å². The molecule has 1 fully saturated rings. The second-order valence-corrected chi connectivity index (χ2v) is 6.96. The van der Waals surface area contributed by atoms with Crippen molar-refractivity contribution in [1.82, 2.24) is 10.2 Å². The van der Waals surface area contributed by atoms with E-state index in [9.17, 15) is 23.2 Å². The van der Waals surface area contributed by atoms with Gasteiger partial charge in [0, 0.05) is 6.07 Å². The van der Waals surface area contributed by atoms with Crippen LogP contribution in [-0.2, 0) is 15.1 Å². The van der Waals surface area contributed by atoms with E-state index in [-0.39, 0.29) is 5.75 Å². The van der Waals surface area contributed by atoms with Crippen LogP contribution in [0.1, 0.15) is 12.5 Å². The number of carbonyl (C=O) groups is 3. The van der Waals surface area contributed by atoms with Crippen molar-refractivity contribution < 1.29 is 37.4 Å². The summed E-state index contributed by atoms with van der Waals surface area (Å²) >= 11 is 0. The van der Waals surface area contributed by atoms with Gasteiger partial charge in [0.05, 0.1) is 19.9 Å². The van der Waals surface area contributed by atoms with Gasteiger partial charge in [-0.2, -0.15) is 8.78 Å². The fourth-order valence-corrected chi connectivity index (χ4v) is 3.25. The summed E-state index contributed by atoms with van der Waals surface area (Å²) in [5.41, 5.74) is -0.829. The van der Waals surface area contributed by atoms with Crippen LogP contribution >= 0.6 is 0 Å². The zero-order chi connectivity index (χ0) is 23.5. The zero-order valence-electron chi connectivity index (χ0n) is 17.5. The summed E-state index contributed by atoms with van der Waals surface area (Å²) in [6.07, 6.45) is 0. The van der Waals surface area contributed by atoms with E-state index in [1.165, 1.54) is 51.5 Å². The minimum atomic E-state index is -2.98. The average molecular weight is 449 g/mol. The highest BCUT2D eigenvalue weighted by Gasteiger charge is 2.49. The van der Waals surface area contributed by atoms with Crippen molar-refractivity contribution in [2.45, 2.75) is 19.1 Å². The lowest BCUT2D eigenvalue weighted by molar-refractivity contribution is -0.133. The van der Waals surface area contributed by atoms with Gasteiger partial charge in [-0.1, -0.05) is 12.1 Å². The number of amides is 4. The number of nitrogens with one attached hydrogen (secondary N) is 2. The summed E-state index contributed by atoms with van der Waals surface area (Å²) in [6.45, 7) is -2.08. The van der Waals surface area contributed by atoms with Crippen LogP contribution in [0.3, 0.4) is 0 Å². The van der Waals surface area contributed by atoms with Gasteiger partial charge >= 0.3 is 12.6 Å². The van der Waals surface area contributed by atoms with Crippen molar-refractivity contribution >= 4 is 23.5 Å². The Balaban J connectivity index is 1.74. The van der Waals surface area contributed by atoms with E-state index < -0.39 is 36.5 Å². The molecule has 1 saturated heterocycles. The lowest BCUT2D eigenvalue weighted by Gasteiger charge is -2.22. The molecule has 0 spiro atoms. The molecule has 0 saturated carbocycles. The van der Waals surface area contributed by atoms with Gasteiger partial charge in [-0.15, -0.1) is 0 Å². The van der Waals surface area contributed by atoms with E-state index in [0.717, 1.165) is 4.90 Å². The third-order valence-electron chi connectivity index (χ3n) is 4.91. The number of benzene rings is 2. The maximum atomic E-state index is 13.0. The number of imide groups is 1. The molecule has 32 heavy (non-hydrogen) atoms. The number of alkyl halides is 2. The molecule has 2 aromatic rings. The quantitative estimate of drug-likeness (QED) is 0.601. The SMILES string of the molecule is COc1ccc(OC)c(NC(=O)CN2C(=O)NC(C)(c3ccc(OC(F)F)cc3)C2=O)c1. The van der Waals surface area contributed by atoms with Crippen LogP contribution in [0, 0.1) is 0 Å². The molecule has 1 aliphatic rings. The highest BCUT2D eigenvalue weighted by atomic mass is 19.3. The Bertz CT molecular complexity index is 1030. The van der Waals surface area contributed by atoms with E-state index in [4.69, 9.17) is 9.47 Å². The van der Waals surface area contributed by atoms with Crippen LogP contribution in [-0.4, -0.2) is 50.1 Å². The monoisotopic (exact) mass is 449 g/mol. The zero-order valence-corrected chi connectivity index (χ0v) is 17.5. The fraction of sp³-hybridized carbons (Fsp3) is 0.286. The number of urea groups is 1. The van der Waals surface area contributed by atoms with Crippen molar-refractivity contribution in [3.05, 3.63) is 48.0 Å². The van der Waals surface area contributed by atoms with Crippen LogP contribution in [0.2, 0.25) is 0 Å². The minimum absolute atomic E-state index is 0.0902. The maximum absolute atomic E-state index is 13.0. The molecule has 1 heterocycles. The molecule has 4 amide bonds. The number of halogens is 2. The Labute approximate surface area is 182 Å². The Morgan fingerprint density at radius 2 is 1.75 bits per heavy atom. The molecular weight excluding hydrogens is 428 g/mol. The molecule has 0 radical (unpaired) electrons. The van der Waals surface area contributed by atoms with E-state index in [2.05, 4.69) is 15.4 Å². The number of hydrogen-bond donors (Lipinski definition) is 2. The topological polar surface area (TPSA) is 106 Å². The second-order valence-electron chi connectivity index (χ2n) is 6.96. The predicted octanol–water partition coefficient (Wildman–Crippen LogP) is 2.71. The van der Waals surface area contributed by atoms with Crippen LogP contribution in [0.4, 0.5) is 19.3 Å². The third-order valence-corrected chi connectivity index (χ3v) is 4.91. The molecule has 0 aromatic heterocycles. The highest BCUT2D eigenvalue weighted by Crippen LogP contribution is 2.31. The third kappa shape index (κ3) is 4.56. The molecule has 1 aliphatic heterocycles. The van der Waals surface area contributed by atoms with Gasteiger partial charge in [0.2, 0.25) is 5.91 Å². The largest absolute Gasteiger partial charge is 0.497 e. The number of carbonyl (C=O) groups excluding carboxylic acids is 3. The molecule has 1 atom stereocenters. The van der Waals surface area contributed by atoms with E-state index >= 15 is 0 Å². The molecule has 0 aliphatic carbocycles. The van der Waals surface area contributed by atoms with Crippen molar-refractivity contribution in [3.8, 4) is 17.2 Å². The Morgan fingerprint density at radius 1 is 1.09 bits per heavy atom. The summed E-state index contributed by atoms with van der Waals surface area (Å²) in [5, 5.41) is 5.13. The Kier molecular flexibility index (Phi) is 6.47. The van der Waals surface area contributed by atoms with Crippen molar-refractivity contribution in [3.63, 3.8) is 0 Å². The van der Waals surface area contributed by atoms with Crippen molar-refractivity contribution in [2.75, 3.05) is 26.1 Å². The van der Waals surface area contributed by atoms with E-state index in [1.807, 2.05) is 0 Å². The summed E-state index contributed by atoms with van der Waals surface area (Å²) in [4.78, 5) is 38.7. The number of rotatable bonds is 8. The first-order chi connectivity index (χ1) is 15.2. The van der Waals surface area contributed by atoms with Gasteiger partial charge in [-0.3, -0.25) is 14.5 Å². The second kappa shape index (κ2) is 9.08. The molecule has 170 valence electrons. The molecule has 3 rings (SSSR count). The number of nitrogens with zero attached hydrogens (tertiary/aromatic N) is 1.